The zero-order valence-electron chi connectivity index (χ0n) is 3.18. The van der Waals surface area contributed by atoms with Crippen molar-refractivity contribution >= 4 is 30.2 Å². The zero-order valence-corrected chi connectivity index (χ0v) is 5.81. The van der Waals surface area contributed by atoms with Gasteiger partial charge in [-0.15, -0.1) is 0 Å². The highest BCUT2D eigenvalue weighted by Crippen LogP contribution is 2.67. The molecule has 34 valence electrons. The molecule has 3 fully saturated rings. The highest BCUT2D eigenvalue weighted by atomic mass is 33.1. The third-order valence-corrected chi connectivity index (χ3v) is 7.54. The van der Waals surface area contributed by atoms with Gasteiger partial charge in [-0.1, -0.05) is 30.2 Å². The van der Waals surface area contributed by atoms with Gasteiger partial charge >= 0.3 is 0 Å². The first kappa shape index (κ1) is 4.05. The Morgan fingerprint density at radius 2 is 1.83 bits per heavy atom. The molecule has 2 bridgehead atoms. The van der Waals surface area contributed by atoms with E-state index in [0.29, 0.717) is 0 Å². The smallest absolute Gasteiger partial charge is 0.0348 e. The third-order valence-electron chi connectivity index (χ3n) is 1.09. The molecule has 0 nitrogen and oxygen atoms in total. The van der Waals surface area contributed by atoms with E-state index in [2.05, 4.69) is 21.6 Å². The van der Waals surface area contributed by atoms with E-state index in [1.54, 1.807) is 0 Å². The van der Waals surface area contributed by atoms with Gasteiger partial charge in [0, 0.05) is 9.98 Å². The van der Waals surface area contributed by atoms with Crippen molar-refractivity contribution in [1.29, 1.82) is 0 Å². The van der Waals surface area contributed by atoms with E-state index in [9.17, 15) is 0 Å². The topological polar surface area (TPSA) is 0 Å². The summed E-state index contributed by atoms with van der Waals surface area (Å²) in [6.07, 6.45) is 1.52. The predicted octanol–water partition coefficient (Wildman–Crippen LogP) is 2.12. The normalized spacial score (nSPS) is 56.0. The summed E-state index contributed by atoms with van der Waals surface area (Å²) >= 11 is 0. The van der Waals surface area contributed by atoms with Crippen LogP contribution in [0.5, 0.6) is 0 Å². The Balaban J connectivity index is 2.16. The fourth-order valence-electron chi connectivity index (χ4n) is 0.646. The molecule has 2 unspecified atom stereocenters. The van der Waals surface area contributed by atoms with E-state index in [1.165, 1.54) is 15.0 Å². The molecule has 3 rings (SSSR count). The molecule has 0 radical (unpaired) electrons. The molecule has 3 aliphatic rings. The number of hydrogen-bond donors (Lipinski definition) is 0. The monoisotopic (exact) mass is 136 g/mol. The summed E-state index contributed by atoms with van der Waals surface area (Å²) < 4.78 is 0. The molecule has 0 aromatic rings. The molecule has 3 saturated heterocycles. The molecule has 3 aliphatic heterocycles. The molecular weight excluding hydrogens is 131 g/mol. The first-order chi connectivity index (χ1) is 2.95. The van der Waals surface area contributed by atoms with Gasteiger partial charge in [0.15, 0.2) is 0 Å². The van der Waals surface area contributed by atoms with Crippen LogP contribution in [0, 0.1) is 0 Å². The predicted molar refractivity (Wildman–Crippen MR) is 35.7 cm³/mol. The summed E-state index contributed by atoms with van der Waals surface area (Å²) in [4.78, 5) is 2.19. The number of fused-ring (bicyclic) bond motifs is 1. The Hall–Kier alpha value is 1.13. The van der Waals surface area contributed by atoms with Gasteiger partial charge in [-0.05, 0) is 6.42 Å². The van der Waals surface area contributed by atoms with Crippen LogP contribution in [-0.4, -0.2) is 9.98 Å². The van der Waals surface area contributed by atoms with E-state index in [4.69, 9.17) is 0 Å². The van der Waals surface area contributed by atoms with Crippen LogP contribution < -0.4 is 0 Å². The van der Waals surface area contributed by atoms with E-state index >= 15 is 0 Å². The summed E-state index contributed by atoms with van der Waals surface area (Å²) in [6, 6.07) is 0. The second kappa shape index (κ2) is 1.30. The van der Waals surface area contributed by atoms with Gasteiger partial charge < -0.3 is 0 Å². The lowest BCUT2D eigenvalue weighted by atomic mass is 10.5. The third kappa shape index (κ3) is 0.438. The van der Waals surface area contributed by atoms with Gasteiger partial charge in [0.25, 0.3) is 0 Å². The first-order valence-corrected chi connectivity index (χ1v) is 5.46. The van der Waals surface area contributed by atoms with Crippen molar-refractivity contribution in [2.75, 3.05) is 0 Å². The summed E-state index contributed by atoms with van der Waals surface area (Å²) in [7, 11) is 5.51. The molecule has 3 heteroatoms. The van der Waals surface area contributed by atoms with Crippen molar-refractivity contribution in [3.05, 3.63) is 0 Å². The Kier molecular flexibility index (Phi) is 0.880. The average Bonchev–Trinajstić information content (AvgIpc) is 1.72. The fraction of sp³-hybridized carbons (Fsp3) is 1.00. The van der Waals surface area contributed by atoms with Gasteiger partial charge in [-0.25, -0.2) is 0 Å². The van der Waals surface area contributed by atoms with Crippen molar-refractivity contribution in [1.82, 2.24) is 0 Å². The first-order valence-electron chi connectivity index (χ1n) is 2.03. The highest BCUT2D eigenvalue weighted by molar-refractivity contribution is 8.81. The molecule has 3 heterocycles. The Morgan fingerprint density at radius 3 is 2.00 bits per heavy atom. The van der Waals surface area contributed by atoms with Gasteiger partial charge in [-0.3, -0.25) is 0 Å². The van der Waals surface area contributed by atoms with E-state index in [0.717, 1.165) is 9.98 Å². The van der Waals surface area contributed by atoms with E-state index < -0.39 is 0 Å². The minimum absolute atomic E-state index is 1.10. The van der Waals surface area contributed by atoms with Gasteiger partial charge in [-0.2, -0.15) is 0 Å². The van der Waals surface area contributed by atoms with E-state index in [-0.39, 0.29) is 0 Å². The molecule has 0 saturated carbocycles. The lowest BCUT2D eigenvalue weighted by Crippen LogP contribution is -2.06. The maximum Gasteiger partial charge on any atom is 0.0348 e. The molecule has 6 heavy (non-hydrogen) atoms. The summed E-state index contributed by atoms with van der Waals surface area (Å²) in [6.45, 7) is 0. The maximum atomic E-state index is 2.10. The van der Waals surface area contributed by atoms with Crippen molar-refractivity contribution < 1.29 is 0 Å². The van der Waals surface area contributed by atoms with Crippen LogP contribution in [0.3, 0.4) is 0 Å². The lowest BCUT2D eigenvalue weighted by molar-refractivity contribution is 0.965. The molecule has 0 spiro atoms. The summed E-state index contributed by atoms with van der Waals surface area (Å²) in [5.41, 5.74) is 0. The summed E-state index contributed by atoms with van der Waals surface area (Å²) in [5.74, 6) is 0. The number of hydrogen-bond acceptors (Lipinski definition) is 2. The minimum atomic E-state index is 1.10. The zero-order chi connectivity index (χ0) is 3.98. The molecular formula is C3H5PS2. The molecule has 0 amide bonds. The Morgan fingerprint density at radius 1 is 1.33 bits per heavy atom. The van der Waals surface area contributed by atoms with Gasteiger partial charge in [0.05, 0.1) is 0 Å². The standard InChI is InChI=1S/C3H5PS2/c1-2-4-3(1)6-5-2/h2-4H,1H2. The lowest BCUT2D eigenvalue weighted by Gasteiger charge is -2.18. The molecule has 0 N–H and O–H groups in total. The van der Waals surface area contributed by atoms with Crippen molar-refractivity contribution in [2.45, 2.75) is 16.4 Å². The molecule has 0 aliphatic carbocycles. The van der Waals surface area contributed by atoms with Crippen LogP contribution in [0.25, 0.3) is 0 Å². The second-order valence-corrected chi connectivity index (χ2v) is 6.81. The van der Waals surface area contributed by atoms with E-state index in [1.807, 2.05) is 0 Å². The molecule has 0 aromatic carbocycles. The van der Waals surface area contributed by atoms with Gasteiger partial charge in [0.2, 0.25) is 0 Å². The average molecular weight is 136 g/mol. The van der Waals surface area contributed by atoms with Crippen molar-refractivity contribution in [3.8, 4) is 0 Å². The number of rotatable bonds is 0. The minimum Gasteiger partial charge on any atom is -0.0928 e. The maximum absolute atomic E-state index is 2.10. The van der Waals surface area contributed by atoms with Gasteiger partial charge in [0.1, 0.15) is 0 Å². The summed E-state index contributed by atoms with van der Waals surface area (Å²) in [5, 5.41) is 0. The molecule has 2 atom stereocenters. The van der Waals surface area contributed by atoms with Crippen molar-refractivity contribution in [2.24, 2.45) is 0 Å². The van der Waals surface area contributed by atoms with Crippen molar-refractivity contribution in [3.63, 3.8) is 0 Å². The fourth-order valence-corrected chi connectivity index (χ4v) is 7.60. The Bertz CT molecular complexity index is 55.7. The largest absolute Gasteiger partial charge is 0.0928 e. The van der Waals surface area contributed by atoms with Crippen LogP contribution in [-0.2, 0) is 0 Å². The highest BCUT2D eigenvalue weighted by Gasteiger charge is 2.37. The second-order valence-electron chi connectivity index (χ2n) is 1.57. The van der Waals surface area contributed by atoms with Crippen LogP contribution >= 0.6 is 30.2 Å². The van der Waals surface area contributed by atoms with Crippen LogP contribution in [0.1, 0.15) is 6.42 Å². The van der Waals surface area contributed by atoms with Crippen LogP contribution in [0.2, 0.25) is 0 Å². The van der Waals surface area contributed by atoms with Crippen LogP contribution in [0.15, 0.2) is 0 Å². The molecule has 0 aromatic heterocycles. The Labute approximate surface area is 47.0 Å². The quantitative estimate of drug-likeness (QED) is 0.369. The SMILES string of the molecule is C1C2PC1SS2. The van der Waals surface area contributed by atoms with Crippen LogP contribution in [0.4, 0.5) is 0 Å².